The highest BCUT2D eigenvalue weighted by Gasteiger charge is 2.32. The van der Waals surface area contributed by atoms with Crippen LogP contribution >= 0.6 is 11.8 Å². The van der Waals surface area contributed by atoms with Crippen LogP contribution in [0.3, 0.4) is 0 Å². The first kappa shape index (κ1) is 21.8. The molecular weight excluding hydrogens is 401 g/mol. The molecule has 1 aliphatic heterocycles. The molecule has 0 saturated carbocycles. The van der Waals surface area contributed by atoms with Crippen LogP contribution in [0, 0.1) is 5.82 Å². The molecule has 0 radical (unpaired) electrons. The summed E-state index contributed by atoms with van der Waals surface area (Å²) in [5.41, 5.74) is 1.62. The maximum atomic E-state index is 13.4. The Balaban J connectivity index is 1.82. The van der Waals surface area contributed by atoms with Crippen molar-refractivity contribution in [3.8, 4) is 0 Å². The van der Waals surface area contributed by atoms with Crippen molar-refractivity contribution in [3.63, 3.8) is 0 Å². The Morgan fingerprint density at radius 3 is 2.57 bits per heavy atom. The van der Waals surface area contributed by atoms with E-state index in [-0.39, 0.29) is 35.1 Å². The maximum Gasteiger partial charge on any atom is 0.283 e. The number of amidine groups is 1. The third-order valence-electron chi connectivity index (χ3n) is 4.48. The highest BCUT2D eigenvalue weighted by molar-refractivity contribution is 8.14. The molecule has 0 aliphatic carbocycles. The van der Waals surface area contributed by atoms with Crippen molar-refractivity contribution in [2.24, 2.45) is 4.99 Å². The van der Waals surface area contributed by atoms with Crippen LogP contribution in [0.2, 0.25) is 0 Å². The number of nitrogens with one attached hydrogen (secondary N) is 1. The fourth-order valence-electron chi connectivity index (χ4n) is 3.07. The van der Waals surface area contributed by atoms with Crippen LogP contribution in [-0.2, 0) is 9.59 Å². The van der Waals surface area contributed by atoms with Gasteiger partial charge in [-0.3, -0.25) is 14.5 Å². The molecule has 2 aromatic carbocycles. The van der Waals surface area contributed by atoms with Crippen molar-refractivity contribution in [1.82, 2.24) is 5.32 Å². The zero-order valence-electron chi connectivity index (χ0n) is 17.0. The Kier molecular flexibility index (Phi) is 7.41. The van der Waals surface area contributed by atoms with E-state index in [1.807, 2.05) is 37.3 Å². The molecule has 2 amide bonds. The number of carbonyl (C=O) groups excluding carboxylic acids is 2. The lowest BCUT2D eigenvalue weighted by molar-refractivity contribution is -0.119. The minimum atomic E-state index is -0.388. The lowest BCUT2D eigenvalue weighted by atomic mass is 10.2. The van der Waals surface area contributed by atoms with Crippen molar-refractivity contribution in [1.29, 1.82) is 0 Å². The zero-order valence-corrected chi connectivity index (χ0v) is 17.8. The average molecular weight is 426 g/mol. The Labute approximate surface area is 180 Å². The Hall–Kier alpha value is -2.93. The normalized spacial score (nSPS) is 16.0. The largest absolute Gasteiger partial charge is 0.353 e. The molecular formula is C23H24FN3O2S. The molecule has 0 aromatic heterocycles. The van der Waals surface area contributed by atoms with Crippen molar-refractivity contribution in [2.75, 3.05) is 10.7 Å². The molecule has 1 N–H and O–H groups in total. The maximum absolute atomic E-state index is 13.4. The summed E-state index contributed by atoms with van der Waals surface area (Å²) in [4.78, 5) is 31.2. The van der Waals surface area contributed by atoms with Gasteiger partial charge in [-0.2, -0.15) is 0 Å². The summed E-state index contributed by atoms with van der Waals surface area (Å²) in [6.45, 7) is 4.03. The lowest BCUT2D eigenvalue weighted by Gasteiger charge is -2.18. The minimum Gasteiger partial charge on any atom is -0.353 e. The molecule has 0 fully saturated rings. The van der Waals surface area contributed by atoms with E-state index < -0.39 is 0 Å². The smallest absolute Gasteiger partial charge is 0.283 e. The van der Waals surface area contributed by atoms with Gasteiger partial charge in [0.25, 0.3) is 5.91 Å². The monoisotopic (exact) mass is 425 g/mol. The van der Waals surface area contributed by atoms with E-state index in [9.17, 15) is 14.0 Å². The second kappa shape index (κ2) is 10.2. The minimum absolute atomic E-state index is 0.0944. The van der Waals surface area contributed by atoms with Crippen LogP contribution in [-0.4, -0.2) is 28.8 Å². The van der Waals surface area contributed by atoms with E-state index in [1.54, 1.807) is 6.08 Å². The second-order valence-electron chi connectivity index (χ2n) is 7.00. The van der Waals surface area contributed by atoms with E-state index in [1.165, 1.54) is 40.9 Å². The molecule has 1 atom stereocenters. The van der Waals surface area contributed by atoms with Gasteiger partial charge in [-0.25, -0.2) is 9.38 Å². The Morgan fingerprint density at radius 1 is 1.20 bits per heavy atom. The number of carbonyl (C=O) groups is 2. The standard InChI is InChI=1S/C23H24FN3O2S/c1-3-7-16(2)25-21(28)15-30-23-26-20(14-17-8-5-4-6-9-17)22(29)27(23)19-12-10-18(24)11-13-19/h4-6,8-14,16H,3,7,15H2,1-2H3,(H,25,28). The van der Waals surface area contributed by atoms with Gasteiger partial charge in [-0.1, -0.05) is 55.4 Å². The molecule has 1 aliphatic rings. The number of thioether (sulfide) groups is 1. The van der Waals surface area contributed by atoms with Gasteiger partial charge in [0.1, 0.15) is 11.5 Å². The molecule has 30 heavy (non-hydrogen) atoms. The van der Waals surface area contributed by atoms with Crippen LogP contribution in [0.25, 0.3) is 6.08 Å². The van der Waals surface area contributed by atoms with E-state index >= 15 is 0 Å². The fourth-order valence-corrected chi connectivity index (χ4v) is 3.89. The molecule has 1 unspecified atom stereocenters. The number of anilines is 1. The number of hydrogen-bond acceptors (Lipinski definition) is 4. The van der Waals surface area contributed by atoms with Gasteiger partial charge in [-0.05, 0) is 49.2 Å². The Morgan fingerprint density at radius 2 is 1.90 bits per heavy atom. The van der Waals surface area contributed by atoms with Crippen molar-refractivity contribution in [3.05, 3.63) is 71.7 Å². The molecule has 5 nitrogen and oxygen atoms in total. The van der Waals surface area contributed by atoms with E-state index in [4.69, 9.17) is 0 Å². The van der Waals surface area contributed by atoms with Crippen molar-refractivity contribution < 1.29 is 14.0 Å². The van der Waals surface area contributed by atoms with Crippen LogP contribution in [0.1, 0.15) is 32.3 Å². The van der Waals surface area contributed by atoms with Crippen LogP contribution < -0.4 is 10.2 Å². The van der Waals surface area contributed by atoms with E-state index in [0.717, 1.165) is 18.4 Å². The summed E-state index contributed by atoms with van der Waals surface area (Å²) < 4.78 is 13.4. The van der Waals surface area contributed by atoms with Gasteiger partial charge in [-0.15, -0.1) is 0 Å². The van der Waals surface area contributed by atoms with Gasteiger partial charge >= 0.3 is 0 Å². The summed E-state index contributed by atoms with van der Waals surface area (Å²) in [6.07, 6.45) is 3.60. The van der Waals surface area contributed by atoms with Gasteiger partial charge < -0.3 is 5.32 Å². The number of aliphatic imine (C=N–C) groups is 1. The van der Waals surface area contributed by atoms with Gasteiger partial charge in [0, 0.05) is 6.04 Å². The first-order valence-electron chi connectivity index (χ1n) is 9.85. The molecule has 0 saturated heterocycles. The molecule has 3 rings (SSSR count). The third kappa shape index (κ3) is 5.57. The second-order valence-corrected chi connectivity index (χ2v) is 7.94. The van der Waals surface area contributed by atoms with Gasteiger partial charge in [0.2, 0.25) is 5.91 Å². The first-order chi connectivity index (χ1) is 14.5. The summed E-state index contributed by atoms with van der Waals surface area (Å²) in [5, 5.41) is 3.34. The van der Waals surface area contributed by atoms with Crippen molar-refractivity contribution in [2.45, 2.75) is 32.7 Å². The predicted octanol–water partition coefficient (Wildman–Crippen LogP) is 4.61. The van der Waals surface area contributed by atoms with E-state index in [0.29, 0.717) is 10.9 Å². The summed E-state index contributed by atoms with van der Waals surface area (Å²) in [5.74, 6) is -0.680. The van der Waals surface area contributed by atoms with E-state index in [2.05, 4.69) is 17.2 Å². The number of nitrogens with zero attached hydrogens (tertiary/aromatic N) is 2. The summed E-state index contributed by atoms with van der Waals surface area (Å²) >= 11 is 1.19. The number of benzene rings is 2. The SMILES string of the molecule is CCCC(C)NC(=O)CSC1=NC(=Cc2ccccc2)C(=O)N1c1ccc(F)cc1. The predicted molar refractivity (Wildman–Crippen MR) is 121 cm³/mol. The van der Waals surface area contributed by atoms with Crippen LogP contribution in [0.5, 0.6) is 0 Å². The quantitative estimate of drug-likeness (QED) is 0.659. The molecule has 7 heteroatoms. The highest BCUT2D eigenvalue weighted by atomic mass is 32.2. The number of rotatable bonds is 7. The first-order valence-corrected chi connectivity index (χ1v) is 10.8. The number of amides is 2. The van der Waals surface area contributed by atoms with Crippen LogP contribution in [0.15, 0.2) is 65.3 Å². The summed E-state index contributed by atoms with van der Waals surface area (Å²) in [6, 6.07) is 15.2. The summed E-state index contributed by atoms with van der Waals surface area (Å²) in [7, 11) is 0. The third-order valence-corrected chi connectivity index (χ3v) is 5.42. The number of hydrogen-bond donors (Lipinski definition) is 1. The molecule has 156 valence electrons. The zero-order chi connectivity index (χ0) is 21.5. The topological polar surface area (TPSA) is 61.8 Å². The highest BCUT2D eigenvalue weighted by Crippen LogP contribution is 2.29. The van der Waals surface area contributed by atoms with Gasteiger partial charge in [0.05, 0.1) is 11.4 Å². The van der Waals surface area contributed by atoms with Crippen molar-refractivity contribution >= 4 is 40.5 Å². The Bertz CT molecular complexity index is 958. The molecule has 2 aromatic rings. The lowest BCUT2D eigenvalue weighted by Crippen LogP contribution is -2.35. The fraction of sp³-hybridized carbons (Fsp3) is 0.261. The average Bonchev–Trinajstić information content (AvgIpc) is 3.03. The van der Waals surface area contributed by atoms with Crippen LogP contribution in [0.4, 0.5) is 10.1 Å². The van der Waals surface area contributed by atoms with Gasteiger partial charge in [0.15, 0.2) is 5.17 Å². The number of halogens is 1. The molecule has 0 spiro atoms. The molecule has 1 heterocycles. The molecule has 0 bridgehead atoms.